The Morgan fingerprint density at radius 1 is 1.10 bits per heavy atom. The Kier molecular flexibility index (Phi) is 6.07. The lowest BCUT2D eigenvalue weighted by Gasteiger charge is -2.10. The molecule has 0 bridgehead atoms. The van der Waals surface area contributed by atoms with Crippen LogP contribution >= 0.6 is 0 Å². The Balaban J connectivity index is 1.73. The van der Waals surface area contributed by atoms with Crippen LogP contribution in [0.15, 0.2) is 48.7 Å². The lowest BCUT2D eigenvalue weighted by atomic mass is 10.1. The minimum absolute atomic E-state index is 0.0665. The number of nitriles is 1. The third-order valence-electron chi connectivity index (χ3n) is 4.20. The molecule has 148 valence electrons. The second kappa shape index (κ2) is 8.69. The van der Waals surface area contributed by atoms with Crippen LogP contribution in [0.4, 0.5) is 19.0 Å². The summed E-state index contributed by atoms with van der Waals surface area (Å²) in [5, 5.41) is 12.4. The highest BCUT2D eigenvalue weighted by molar-refractivity contribution is 5.61. The summed E-state index contributed by atoms with van der Waals surface area (Å²) in [6.07, 6.45) is -1.47. The zero-order valence-electron chi connectivity index (χ0n) is 15.7. The van der Waals surface area contributed by atoms with E-state index in [4.69, 9.17) is 0 Å². The highest BCUT2D eigenvalue weighted by Crippen LogP contribution is 2.31. The van der Waals surface area contributed by atoms with Gasteiger partial charge in [0.15, 0.2) is 0 Å². The van der Waals surface area contributed by atoms with Gasteiger partial charge in [-0.25, -0.2) is 15.0 Å². The molecule has 0 spiro atoms. The molecular formula is C21H18F3N5. The second-order valence-electron chi connectivity index (χ2n) is 6.51. The Morgan fingerprint density at radius 2 is 1.93 bits per heavy atom. The maximum atomic E-state index is 13.0. The Morgan fingerprint density at radius 3 is 2.66 bits per heavy atom. The monoisotopic (exact) mass is 397 g/mol. The quantitative estimate of drug-likeness (QED) is 0.606. The van der Waals surface area contributed by atoms with Crippen LogP contribution in [-0.4, -0.2) is 21.5 Å². The minimum atomic E-state index is -4.45. The van der Waals surface area contributed by atoms with Crippen molar-refractivity contribution in [2.24, 2.45) is 0 Å². The van der Waals surface area contributed by atoms with E-state index in [0.717, 1.165) is 23.5 Å². The normalized spacial score (nSPS) is 11.1. The molecule has 0 saturated carbocycles. The van der Waals surface area contributed by atoms with Crippen LogP contribution in [0.3, 0.4) is 0 Å². The summed E-state index contributed by atoms with van der Waals surface area (Å²) in [4.78, 5) is 12.5. The number of aryl methyl sites for hydroxylation is 2. The van der Waals surface area contributed by atoms with Gasteiger partial charge in [0, 0.05) is 24.0 Å². The van der Waals surface area contributed by atoms with Crippen LogP contribution < -0.4 is 5.32 Å². The van der Waals surface area contributed by atoms with Crippen LogP contribution in [0.5, 0.6) is 0 Å². The summed E-state index contributed by atoms with van der Waals surface area (Å²) in [7, 11) is 0. The van der Waals surface area contributed by atoms with Crippen LogP contribution in [0.25, 0.3) is 11.3 Å². The number of halogens is 3. The van der Waals surface area contributed by atoms with Crippen molar-refractivity contribution in [1.82, 2.24) is 15.0 Å². The molecule has 0 aliphatic heterocycles. The fourth-order valence-electron chi connectivity index (χ4n) is 2.80. The first-order valence-electron chi connectivity index (χ1n) is 8.97. The van der Waals surface area contributed by atoms with Crippen molar-refractivity contribution in [3.63, 3.8) is 0 Å². The first kappa shape index (κ1) is 20.3. The molecule has 0 aliphatic rings. The molecule has 8 heteroatoms. The van der Waals surface area contributed by atoms with Crippen molar-refractivity contribution in [2.75, 3.05) is 11.9 Å². The molecule has 5 nitrogen and oxygen atoms in total. The molecule has 0 saturated heterocycles. The van der Waals surface area contributed by atoms with Gasteiger partial charge in [-0.2, -0.15) is 18.4 Å². The van der Waals surface area contributed by atoms with Crippen molar-refractivity contribution in [3.05, 3.63) is 71.3 Å². The molecule has 0 atom stereocenters. The number of anilines is 1. The van der Waals surface area contributed by atoms with E-state index in [1.54, 1.807) is 12.3 Å². The maximum Gasteiger partial charge on any atom is 0.416 e. The molecule has 1 N–H and O–H groups in total. The fourth-order valence-corrected chi connectivity index (χ4v) is 2.80. The summed E-state index contributed by atoms with van der Waals surface area (Å²) in [5.74, 6) is 0.707. The third kappa shape index (κ3) is 5.51. The number of nitrogens with zero attached hydrogens (tertiary/aromatic N) is 4. The molecule has 0 fully saturated rings. The number of aromatic nitrogens is 3. The summed E-state index contributed by atoms with van der Waals surface area (Å²) in [5.41, 5.74) is 1.53. The van der Waals surface area contributed by atoms with Gasteiger partial charge in [-0.05, 0) is 55.7 Å². The van der Waals surface area contributed by atoms with Crippen LogP contribution in [0, 0.1) is 18.3 Å². The van der Waals surface area contributed by atoms with Crippen LogP contribution in [-0.2, 0) is 12.6 Å². The summed E-state index contributed by atoms with van der Waals surface area (Å²) in [6.45, 7) is 2.62. The van der Waals surface area contributed by atoms with Crippen molar-refractivity contribution >= 4 is 5.82 Å². The standard InChI is InChI=1S/C21H18F3N5/c1-14-7-9-27-19(10-14)26-8-3-6-17-12-18(29-20(13-25)28-17)15-4-2-5-16(11-15)21(22,23)24/h2,4-5,7,9-12H,3,6,8H2,1H3,(H,26,27). The first-order valence-corrected chi connectivity index (χ1v) is 8.97. The number of rotatable bonds is 6. The van der Waals surface area contributed by atoms with Gasteiger partial charge in [0.1, 0.15) is 11.9 Å². The van der Waals surface area contributed by atoms with Gasteiger partial charge in [0.2, 0.25) is 5.82 Å². The molecule has 3 aromatic rings. The molecule has 2 heterocycles. The molecule has 0 aliphatic carbocycles. The Labute approximate surface area is 166 Å². The lowest BCUT2D eigenvalue weighted by molar-refractivity contribution is -0.137. The highest BCUT2D eigenvalue weighted by Gasteiger charge is 2.30. The summed E-state index contributed by atoms with van der Waals surface area (Å²) >= 11 is 0. The number of benzene rings is 1. The van der Waals surface area contributed by atoms with Gasteiger partial charge in [0.05, 0.1) is 11.3 Å². The average Bonchev–Trinajstić information content (AvgIpc) is 2.70. The summed E-state index contributed by atoms with van der Waals surface area (Å²) < 4.78 is 38.9. The van der Waals surface area contributed by atoms with Gasteiger partial charge in [-0.1, -0.05) is 12.1 Å². The smallest absolute Gasteiger partial charge is 0.370 e. The van der Waals surface area contributed by atoms with Gasteiger partial charge >= 0.3 is 6.18 Å². The fraction of sp³-hybridized carbons (Fsp3) is 0.238. The lowest BCUT2D eigenvalue weighted by Crippen LogP contribution is -2.07. The van der Waals surface area contributed by atoms with Gasteiger partial charge < -0.3 is 5.32 Å². The zero-order valence-corrected chi connectivity index (χ0v) is 15.7. The molecule has 0 radical (unpaired) electrons. The topological polar surface area (TPSA) is 74.5 Å². The third-order valence-corrected chi connectivity index (χ3v) is 4.20. The molecular weight excluding hydrogens is 379 g/mol. The number of alkyl halides is 3. The minimum Gasteiger partial charge on any atom is -0.370 e. The number of hydrogen-bond donors (Lipinski definition) is 1. The molecule has 3 rings (SSSR count). The van der Waals surface area contributed by atoms with E-state index in [9.17, 15) is 18.4 Å². The molecule has 29 heavy (non-hydrogen) atoms. The highest BCUT2D eigenvalue weighted by atomic mass is 19.4. The van der Waals surface area contributed by atoms with Crippen molar-refractivity contribution in [2.45, 2.75) is 25.9 Å². The van der Waals surface area contributed by atoms with E-state index >= 15 is 0 Å². The van der Waals surface area contributed by atoms with E-state index in [0.29, 0.717) is 36.3 Å². The number of nitrogens with one attached hydrogen (secondary N) is 1. The number of pyridine rings is 1. The van der Waals surface area contributed by atoms with Crippen molar-refractivity contribution < 1.29 is 13.2 Å². The van der Waals surface area contributed by atoms with E-state index < -0.39 is 11.7 Å². The van der Waals surface area contributed by atoms with E-state index in [2.05, 4.69) is 20.3 Å². The second-order valence-corrected chi connectivity index (χ2v) is 6.51. The maximum absolute atomic E-state index is 13.0. The van der Waals surface area contributed by atoms with Crippen LogP contribution in [0.1, 0.15) is 29.1 Å². The Hall–Kier alpha value is -3.47. The SMILES string of the molecule is Cc1ccnc(NCCCc2cc(-c3cccc(C(F)(F)F)c3)nc(C#N)n2)c1. The molecule has 0 amide bonds. The van der Waals surface area contributed by atoms with E-state index in [1.165, 1.54) is 12.1 Å². The number of hydrogen-bond acceptors (Lipinski definition) is 5. The van der Waals surface area contributed by atoms with Gasteiger partial charge in [0.25, 0.3) is 0 Å². The molecule has 0 unspecified atom stereocenters. The van der Waals surface area contributed by atoms with E-state index in [-0.39, 0.29) is 5.82 Å². The Bertz CT molecular complexity index is 1040. The van der Waals surface area contributed by atoms with E-state index in [1.807, 2.05) is 25.1 Å². The van der Waals surface area contributed by atoms with Crippen molar-refractivity contribution in [1.29, 1.82) is 5.26 Å². The largest absolute Gasteiger partial charge is 0.416 e. The predicted octanol–water partition coefficient (Wildman–Crippen LogP) is 4.78. The molecule has 2 aromatic heterocycles. The zero-order chi connectivity index (χ0) is 20.9. The molecule has 1 aromatic carbocycles. The summed E-state index contributed by atoms with van der Waals surface area (Å²) in [6, 6.07) is 12.2. The predicted molar refractivity (Wildman–Crippen MR) is 103 cm³/mol. The van der Waals surface area contributed by atoms with Crippen molar-refractivity contribution in [3.8, 4) is 17.3 Å². The van der Waals surface area contributed by atoms with Gasteiger partial charge in [-0.3, -0.25) is 0 Å². The van der Waals surface area contributed by atoms with Crippen LogP contribution in [0.2, 0.25) is 0 Å². The first-order chi connectivity index (χ1) is 13.8. The van der Waals surface area contributed by atoms with Gasteiger partial charge in [-0.15, -0.1) is 0 Å². The average molecular weight is 397 g/mol.